The minimum atomic E-state index is -0.0946. The summed E-state index contributed by atoms with van der Waals surface area (Å²) in [6, 6.07) is 9.41. The third kappa shape index (κ3) is 3.07. The molecule has 8 heteroatoms. The van der Waals surface area contributed by atoms with Crippen LogP contribution in [0.1, 0.15) is 12.6 Å². The molecule has 0 unspecified atom stereocenters. The zero-order valence-electron chi connectivity index (χ0n) is 11.7. The van der Waals surface area contributed by atoms with Gasteiger partial charge in [0, 0.05) is 12.3 Å². The van der Waals surface area contributed by atoms with E-state index in [4.69, 9.17) is 0 Å². The van der Waals surface area contributed by atoms with Crippen molar-refractivity contribution in [2.75, 3.05) is 4.90 Å². The van der Waals surface area contributed by atoms with Gasteiger partial charge in [0.2, 0.25) is 5.91 Å². The van der Waals surface area contributed by atoms with Gasteiger partial charge in [-0.05, 0) is 12.1 Å². The molecule has 2 aromatic heterocycles. The molecule has 22 heavy (non-hydrogen) atoms. The van der Waals surface area contributed by atoms with Gasteiger partial charge in [-0.1, -0.05) is 18.2 Å². The number of rotatable bonds is 4. The van der Waals surface area contributed by atoms with Crippen LogP contribution in [0.3, 0.4) is 0 Å². The van der Waals surface area contributed by atoms with Gasteiger partial charge >= 0.3 is 0 Å². The van der Waals surface area contributed by atoms with Gasteiger partial charge in [0.25, 0.3) is 0 Å². The Hall–Kier alpha value is -2.87. The molecule has 3 aromatic rings. The van der Waals surface area contributed by atoms with E-state index in [1.54, 1.807) is 11.1 Å². The molecule has 0 radical (unpaired) electrons. The van der Waals surface area contributed by atoms with Crippen LogP contribution in [0, 0.1) is 0 Å². The first-order chi connectivity index (χ1) is 10.7. The molecule has 7 nitrogen and oxygen atoms in total. The number of thiazole rings is 1. The second kappa shape index (κ2) is 6.27. The number of hydrogen-bond acceptors (Lipinski definition) is 6. The minimum Gasteiger partial charge on any atom is -0.274 e. The topological polar surface area (TPSA) is 76.3 Å². The van der Waals surface area contributed by atoms with E-state index < -0.39 is 0 Å². The smallest absolute Gasteiger partial charge is 0.230 e. The van der Waals surface area contributed by atoms with Gasteiger partial charge in [-0.3, -0.25) is 9.69 Å². The summed E-state index contributed by atoms with van der Waals surface area (Å²) in [5.74, 6) is -0.0946. The Morgan fingerprint density at radius 2 is 2.00 bits per heavy atom. The Bertz CT molecular complexity index is 781. The van der Waals surface area contributed by atoms with Crippen molar-refractivity contribution in [1.82, 2.24) is 19.9 Å². The molecule has 3 rings (SSSR count). The molecule has 0 aliphatic heterocycles. The quantitative estimate of drug-likeness (QED) is 0.693. The Kier molecular flexibility index (Phi) is 4.01. The average molecular weight is 312 g/mol. The highest BCUT2D eigenvalue weighted by Gasteiger charge is 2.17. The number of nitrogens with zero attached hydrogens (tertiary/aromatic N) is 6. The molecular formula is C14H12N6OS. The highest BCUT2D eigenvalue weighted by Crippen LogP contribution is 2.28. The lowest BCUT2D eigenvalue weighted by atomic mass is 10.3. The van der Waals surface area contributed by atoms with Crippen molar-refractivity contribution in [2.24, 2.45) is 5.10 Å². The monoisotopic (exact) mass is 312 g/mol. The normalized spacial score (nSPS) is 11.0. The molecule has 0 bridgehead atoms. The maximum absolute atomic E-state index is 11.9. The molecular weight excluding hydrogens is 300 g/mol. The molecule has 0 aliphatic rings. The lowest BCUT2D eigenvalue weighted by Gasteiger charge is -2.17. The fourth-order valence-corrected chi connectivity index (χ4v) is 2.66. The van der Waals surface area contributed by atoms with Crippen molar-refractivity contribution in [1.29, 1.82) is 0 Å². The summed E-state index contributed by atoms with van der Waals surface area (Å²) < 4.78 is 1.47. The van der Waals surface area contributed by atoms with Gasteiger partial charge < -0.3 is 0 Å². The molecule has 0 saturated heterocycles. The highest BCUT2D eigenvalue weighted by atomic mass is 32.1. The van der Waals surface area contributed by atoms with Gasteiger partial charge in [0.1, 0.15) is 12.7 Å². The number of carbonyl (C=O) groups excluding carboxylic acids is 1. The maximum Gasteiger partial charge on any atom is 0.230 e. The van der Waals surface area contributed by atoms with Crippen molar-refractivity contribution >= 4 is 34.3 Å². The fraction of sp³-hybridized carbons (Fsp3) is 0.0714. The van der Waals surface area contributed by atoms with Gasteiger partial charge in [-0.2, -0.15) is 5.10 Å². The standard InChI is InChI=1S/C14H12N6OS/c1-11(21)20(13-5-3-2-4-6-13)14-18-12(8-22-14)7-17-19-9-15-16-10-19/h2-10H,1H3/b17-7-. The largest absolute Gasteiger partial charge is 0.274 e. The fourth-order valence-electron chi connectivity index (χ4n) is 1.82. The zero-order valence-corrected chi connectivity index (χ0v) is 12.5. The van der Waals surface area contributed by atoms with E-state index in [0.717, 1.165) is 5.69 Å². The lowest BCUT2D eigenvalue weighted by molar-refractivity contribution is -0.115. The molecule has 0 spiro atoms. The van der Waals surface area contributed by atoms with E-state index in [1.807, 2.05) is 35.7 Å². The number of benzene rings is 1. The third-order valence-electron chi connectivity index (χ3n) is 2.76. The number of carbonyl (C=O) groups is 1. The Morgan fingerprint density at radius 1 is 1.27 bits per heavy atom. The molecule has 2 heterocycles. The zero-order chi connectivity index (χ0) is 15.4. The van der Waals surface area contributed by atoms with Crippen molar-refractivity contribution < 1.29 is 4.79 Å². The molecule has 110 valence electrons. The SMILES string of the molecule is CC(=O)N(c1ccccc1)c1nc(/C=N\n2cnnc2)cs1. The maximum atomic E-state index is 11.9. The van der Waals surface area contributed by atoms with E-state index in [2.05, 4.69) is 20.3 Å². The number of para-hydroxylation sites is 1. The van der Waals surface area contributed by atoms with Crippen LogP contribution in [-0.4, -0.2) is 32.0 Å². The summed E-state index contributed by atoms with van der Waals surface area (Å²) in [7, 11) is 0. The summed E-state index contributed by atoms with van der Waals surface area (Å²) in [4.78, 5) is 17.9. The molecule has 1 amide bonds. The Morgan fingerprint density at radius 3 is 2.68 bits per heavy atom. The molecule has 1 aromatic carbocycles. The highest BCUT2D eigenvalue weighted by molar-refractivity contribution is 7.14. The summed E-state index contributed by atoms with van der Waals surface area (Å²) in [5.41, 5.74) is 1.45. The molecule has 0 saturated carbocycles. The van der Waals surface area contributed by atoms with E-state index in [0.29, 0.717) is 10.8 Å². The average Bonchev–Trinajstić information content (AvgIpc) is 3.17. The number of hydrogen-bond donors (Lipinski definition) is 0. The summed E-state index contributed by atoms with van der Waals surface area (Å²) >= 11 is 1.38. The molecule has 0 N–H and O–H groups in total. The lowest BCUT2D eigenvalue weighted by Crippen LogP contribution is -2.22. The van der Waals surface area contributed by atoms with Crippen LogP contribution >= 0.6 is 11.3 Å². The summed E-state index contributed by atoms with van der Waals surface area (Å²) in [6.07, 6.45) is 4.55. The molecule has 0 fully saturated rings. The number of amides is 1. The second-order valence-corrected chi connectivity index (χ2v) is 5.17. The first-order valence-corrected chi connectivity index (χ1v) is 7.32. The first kappa shape index (κ1) is 14.1. The van der Waals surface area contributed by atoms with Crippen molar-refractivity contribution in [3.8, 4) is 0 Å². The van der Waals surface area contributed by atoms with Crippen LogP contribution in [0.25, 0.3) is 0 Å². The van der Waals surface area contributed by atoms with Crippen LogP contribution in [0.2, 0.25) is 0 Å². The molecule has 0 atom stereocenters. The van der Waals surface area contributed by atoms with Gasteiger partial charge in [0.05, 0.1) is 17.6 Å². The minimum absolute atomic E-state index is 0.0946. The van der Waals surface area contributed by atoms with E-state index in [1.165, 1.54) is 35.6 Å². The van der Waals surface area contributed by atoms with E-state index in [-0.39, 0.29) is 5.91 Å². The van der Waals surface area contributed by atoms with E-state index >= 15 is 0 Å². The second-order valence-electron chi connectivity index (χ2n) is 4.33. The first-order valence-electron chi connectivity index (χ1n) is 6.44. The van der Waals surface area contributed by atoms with Crippen LogP contribution in [0.4, 0.5) is 10.8 Å². The Labute approximate surface area is 130 Å². The number of aromatic nitrogens is 4. The molecule has 0 aliphatic carbocycles. The van der Waals surface area contributed by atoms with Crippen molar-refractivity contribution in [3.63, 3.8) is 0 Å². The van der Waals surface area contributed by atoms with Crippen molar-refractivity contribution in [3.05, 3.63) is 54.1 Å². The van der Waals surface area contributed by atoms with Crippen LogP contribution in [-0.2, 0) is 4.79 Å². The van der Waals surface area contributed by atoms with Crippen molar-refractivity contribution in [2.45, 2.75) is 6.92 Å². The van der Waals surface area contributed by atoms with Crippen LogP contribution < -0.4 is 4.90 Å². The predicted octanol–water partition coefficient (Wildman–Crippen LogP) is 2.30. The van der Waals surface area contributed by atoms with Gasteiger partial charge in [-0.15, -0.1) is 21.5 Å². The van der Waals surface area contributed by atoms with Gasteiger partial charge in [-0.25, -0.2) is 9.66 Å². The summed E-state index contributed by atoms with van der Waals surface area (Å²) in [6.45, 7) is 1.51. The van der Waals surface area contributed by atoms with Crippen LogP contribution in [0.5, 0.6) is 0 Å². The summed E-state index contributed by atoms with van der Waals surface area (Å²) in [5, 5.41) is 13.9. The third-order valence-corrected chi connectivity index (χ3v) is 3.60. The van der Waals surface area contributed by atoms with Crippen LogP contribution in [0.15, 0.2) is 53.5 Å². The van der Waals surface area contributed by atoms with Gasteiger partial charge in [0.15, 0.2) is 5.13 Å². The van der Waals surface area contributed by atoms with E-state index in [9.17, 15) is 4.79 Å². The predicted molar refractivity (Wildman–Crippen MR) is 84.4 cm³/mol. The Balaban J connectivity index is 1.86. The number of anilines is 2.